The van der Waals surface area contributed by atoms with E-state index in [1.54, 1.807) is 0 Å². The minimum absolute atomic E-state index is 0.153. The third kappa shape index (κ3) is 3.24. The second kappa shape index (κ2) is 6.65. The highest BCUT2D eigenvalue weighted by Crippen LogP contribution is 2.36. The smallest absolute Gasteiger partial charge is 0.223 e. The van der Waals surface area contributed by atoms with Crippen molar-refractivity contribution in [1.82, 2.24) is 20.0 Å². The lowest BCUT2D eigenvalue weighted by Crippen LogP contribution is -2.31. The highest BCUT2D eigenvalue weighted by molar-refractivity contribution is 5.79. The van der Waals surface area contributed by atoms with Crippen molar-refractivity contribution in [3.05, 3.63) is 30.1 Å². The molecule has 1 aromatic heterocycles. The zero-order valence-corrected chi connectivity index (χ0v) is 13.5. The molecule has 0 radical (unpaired) electrons. The molecule has 0 aromatic carbocycles. The van der Waals surface area contributed by atoms with E-state index in [0.29, 0.717) is 12.3 Å². The summed E-state index contributed by atoms with van der Waals surface area (Å²) in [7, 11) is 3.83. The van der Waals surface area contributed by atoms with Crippen LogP contribution in [0.2, 0.25) is 0 Å². The molecule has 1 aromatic rings. The Kier molecular flexibility index (Phi) is 4.62. The molecule has 0 bridgehead atoms. The summed E-state index contributed by atoms with van der Waals surface area (Å²) in [5.41, 5.74) is 1.14. The summed E-state index contributed by atoms with van der Waals surface area (Å²) in [5, 5.41) is 7.86. The van der Waals surface area contributed by atoms with Crippen molar-refractivity contribution in [3.63, 3.8) is 0 Å². The van der Waals surface area contributed by atoms with Crippen LogP contribution in [0.1, 0.15) is 37.3 Å². The molecule has 5 heteroatoms. The highest BCUT2D eigenvalue weighted by atomic mass is 16.2. The fourth-order valence-corrected chi connectivity index (χ4v) is 3.74. The molecule has 3 atom stereocenters. The van der Waals surface area contributed by atoms with E-state index >= 15 is 0 Å². The Morgan fingerprint density at radius 2 is 2.18 bits per heavy atom. The van der Waals surface area contributed by atoms with Crippen molar-refractivity contribution < 1.29 is 4.79 Å². The molecule has 1 aliphatic heterocycles. The number of hydrogen-bond donors (Lipinski definition) is 1. The Balaban J connectivity index is 1.58. The summed E-state index contributed by atoms with van der Waals surface area (Å²) in [4.78, 5) is 14.0. The van der Waals surface area contributed by atoms with Gasteiger partial charge in [0.2, 0.25) is 5.91 Å². The number of hydrogen-bond acceptors (Lipinski definition) is 3. The fraction of sp³-hybridized carbons (Fsp3) is 0.647. The van der Waals surface area contributed by atoms with Crippen molar-refractivity contribution in [3.8, 4) is 0 Å². The summed E-state index contributed by atoms with van der Waals surface area (Å²) >= 11 is 0. The third-order valence-corrected chi connectivity index (χ3v) is 4.98. The standard InChI is InChI=1S/C17H26N4O/c1-20-12-15(11-19-20)17-14(8-16(22)21(17)2)10-18-9-13-6-4-3-5-7-13/h3-4,11-14,17-18H,5-10H2,1-2H3/t13?,14-,17+/m0/s1. The normalized spacial score (nSPS) is 28.5. The summed E-state index contributed by atoms with van der Waals surface area (Å²) in [6.45, 7) is 1.95. The van der Waals surface area contributed by atoms with Gasteiger partial charge in [-0.15, -0.1) is 0 Å². The van der Waals surface area contributed by atoms with Gasteiger partial charge in [0, 0.05) is 44.7 Å². The lowest BCUT2D eigenvalue weighted by Gasteiger charge is -2.25. The molecule has 1 aliphatic carbocycles. The molecule has 5 nitrogen and oxygen atoms in total. The van der Waals surface area contributed by atoms with Gasteiger partial charge in [-0.2, -0.15) is 5.10 Å². The Morgan fingerprint density at radius 1 is 1.32 bits per heavy atom. The average molecular weight is 302 g/mol. The molecule has 1 fully saturated rings. The molecule has 1 N–H and O–H groups in total. The number of allylic oxidation sites excluding steroid dienone is 2. The van der Waals surface area contributed by atoms with Crippen molar-refractivity contribution in [2.75, 3.05) is 20.1 Å². The van der Waals surface area contributed by atoms with Crippen molar-refractivity contribution in [1.29, 1.82) is 0 Å². The molecule has 120 valence electrons. The van der Waals surface area contributed by atoms with E-state index < -0.39 is 0 Å². The van der Waals surface area contributed by atoms with Crippen LogP contribution in [0.4, 0.5) is 0 Å². The Bertz CT molecular complexity index is 551. The second-order valence-corrected chi connectivity index (χ2v) is 6.67. The summed E-state index contributed by atoms with van der Waals surface area (Å²) in [5.74, 6) is 1.32. The number of carbonyl (C=O) groups excluding carboxylic acids is 1. The maximum absolute atomic E-state index is 12.1. The lowest BCUT2D eigenvalue weighted by atomic mass is 9.93. The van der Waals surface area contributed by atoms with Gasteiger partial charge in [-0.1, -0.05) is 12.2 Å². The van der Waals surface area contributed by atoms with Crippen molar-refractivity contribution in [2.24, 2.45) is 18.9 Å². The molecule has 22 heavy (non-hydrogen) atoms. The number of nitrogens with one attached hydrogen (secondary N) is 1. The first kappa shape index (κ1) is 15.3. The molecule has 1 unspecified atom stereocenters. The van der Waals surface area contributed by atoms with Crippen LogP contribution in [0.5, 0.6) is 0 Å². The van der Waals surface area contributed by atoms with Gasteiger partial charge < -0.3 is 10.2 Å². The van der Waals surface area contributed by atoms with Gasteiger partial charge in [0.25, 0.3) is 0 Å². The molecule has 3 rings (SSSR count). The number of rotatable bonds is 5. The van der Waals surface area contributed by atoms with Crippen molar-refractivity contribution in [2.45, 2.75) is 31.7 Å². The van der Waals surface area contributed by atoms with Crippen LogP contribution >= 0.6 is 0 Å². The van der Waals surface area contributed by atoms with Crippen LogP contribution in [-0.2, 0) is 11.8 Å². The van der Waals surface area contributed by atoms with E-state index in [9.17, 15) is 4.79 Å². The van der Waals surface area contributed by atoms with Crippen LogP contribution in [0.3, 0.4) is 0 Å². The number of nitrogens with zero attached hydrogens (tertiary/aromatic N) is 3. The minimum atomic E-state index is 0.153. The Hall–Kier alpha value is -1.62. The molecule has 2 heterocycles. The zero-order chi connectivity index (χ0) is 15.5. The summed E-state index contributed by atoms with van der Waals surface area (Å²) in [6.07, 6.45) is 12.8. The number of aromatic nitrogens is 2. The van der Waals surface area contributed by atoms with Crippen molar-refractivity contribution >= 4 is 5.91 Å². The van der Waals surface area contributed by atoms with Gasteiger partial charge >= 0.3 is 0 Å². The van der Waals surface area contributed by atoms with E-state index in [0.717, 1.165) is 24.6 Å². The molecular weight excluding hydrogens is 276 g/mol. The number of amides is 1. The first-order valence-corrected chi connectivity index (χ1v) is 8.25. The highest BCUT2D eigenvalue weighted by Gasteiger charge is 2.38. The van der Waals surface area contributed by atoms with Crippen LogP contribution < -0.4 is 5.32 Å². The van der Waals surface area contributed by atoms with E-state index in [1.807, 2.05) is 36.1 Å². The molecule has 1 amide bonds. The minimum Gasteiger partial charge on any atom is -0.338 e. The maximum atomic E-state index is 12.1. The van der Waals surface area contributed by atoms with E-state index in [-0.39, 0.29) is 11.9 Å². The van der Waals surface area contributed by atoms with E-state index in [1.165, 1.54) is 19.3 Å². The first-order valence-electron chi connectivity index (χ1n) is 8.25. The summed E-state index contributed by atoms with van der Waals surface area (Å²) < 4.78 is 1.81. The number of carbonyl (C=O) groups is 1. The molecule has 1 saturated heterocycles. The van der Waals surface area contributed by atoms with E-state index in [4.69, 9.17) is 0 Å². The van der Waals surface area contributed by atoms with Gasteiger partial charge in [0.05, 0.1) is 12.2 Å². The topological polar surface area (TPSA) is 50.2 Å². The second-order valence-electron chi connectivity index (χ2n) is 6.67. The van der Waals surface area contributed by atoms with Crippen LogP contribution in [-0.4, -0.2) is 40.7 Å². The van der Waals surface area contributed by atoms with Crippen LogP contribution in [0, 0.1) is 11.8 Å². The SMILES string of the molecule is CN1C(=O)C[C@@H](CNCC2CC=CCC2)[C@@H]1c1cnn(C)c1. The van der Waals surface area contributed by atoms with Crippen LogP contribution in [0.25, 0.3) is 0 Å². The molecular formula is C17H26N4O. The molecule has 0 saturated carbocycles. The predicted octanol–water partition coefficient (Wildman–Crippen LogP) is 1.89. The van der Waals surface area contributed by atoms with E-state index in [2.05, 4.69) is 22.6 Å². The zero-order valence-electron chi connectivity index (χ0n) is 13.5. The van der Waals surface area contributed by atoms with Gasteiger partial charge in [0.1, 0.15) is 0 Å². The molecule has 2 aliphatic rings. The predicted molar refractivity (Wildman–Crippen MR) is 86.2 cm³/mol. The number of likely N-dealkylation sites (tertiary alicyclic amines) is 1. The van der Waals surface area contributed by atoms with Gasteiger partial charge in [-0.25, -0.2) is 0 Å². The monoisotopic (exact) mass is 302 g/mol. The largest absolute Gasteiger partial charge is 0.338 e. The molecule has 0 spiro atoms. The Morgan fingerprint density at radius 3 is 2.86 bits per heavy atom. The Labute approximate surface area is 132 Å². The quantitative estimate of drug-likeness (QED) is 0.845. The third-order valence-electron chi connectivity index (χ3n) is 4.98. The summed E-state index contributed by atoms with van der Waals surface area (Å²) in [6, 6.07) is 0.153. The number of aryl methyl sites for hydroxylation is 1. The first-order chi connectivity index (χ1) is 10.6. The average Bonchev–Trinajstić information content (AvgIpc) is 3.05. The maximum Gasteiger partial charge on any atom is 0.223 e. The van der Waals surface area contributed by atoms with Gasteiger partial charge in [-0.3, -0.25) is 9.48 Å². The fourth-order valence-electron chi connectivity index (χ4n) is 3.74. The van der Waals surface area contributed by atoms with Gasteiger partial charge in [0.15, 0.2) is 0 Å². The van der Waals surface area contributed by atoms with Crippen LogP contribution in [0.15, 0.2) is 24.5 Å². The lowest BCUT2D eigenvalue weighted by molar-refractivity contribution is -0.127. The van der Waals surface area contributed by atoms with Gasteiger partial charge in [-0.05, 0) is 31.7 Å².